The molecular weight excluding hydrogens is 412 g/mol. The highest BCUT2D eigenvalue weighted by molar-refractivity contribution is 9.10. The van der Waals surface area contributed by atoms with Crippen LogP contribution in [0.2, 0.25) is 0 Å². The van der Waals surface area contributed by atoms with Gasteiger partial charge in [0.1, 0.15) is 10.9 Å². The van der Waals surface area contributed by atoms with Crippen LogP contribution in [-0.2, 0) is 14.3 Å². The van der Waals surface area contributed by atoms with E-state index in [2.05, 4.69) is 15.9 Å². The minimum atomic E-state index is -0.216. The summed E-state index contributed by atoms with van der Waals surface area (Å²) in [4.78, 5) is 28.5. The van der Waals surface area contributed by atoms with Crippen molar-refractivity contribution in [2.24, 2.45) is 0 Å². The molecule has 0 saturated carbocycles. The maximum Gasteiger partial charge on any atom is 0.266 e. The lowest BCUT2D eigenvalue weighted by molar-refractivity contribution is -0.138. The van der Waals surface area contributed by atoms with Gasteiger partial charge in [-0.2, -0.15) is 0 Å². The van der Waals surface area contributed by atoms with Gasteiger partial charge in [0.05, 0.1) is 18.1 Å². The molecule has 2 aliphatic rings. The monoisotopic (exact) mass is 426 g/mol. The lowest BCUT2D eigenvalue weighted by atomic mass is 10.2. The Hall–Kier alpha value is -1.22. The molecule has 3 rings (SSSR count). The van der Waals surface area contributed by atoms with Crippen molar-refractivity contribution < 1.29 is 14.3 Å². The smallest absolute Gasteiger partial charge is 0.266 e. The molecule has 0 radical (unpaired) electrons. The third kappa shape index (κ3) is 4.05. The third-order valence-electron chi connectivity index (χ3n) is 3.68. The van der Waals surface area contributed by atoms with Gasteiger partial charge in [-0.25, -0.2) is 0 Å². The second kappa shape index (κ2) is 7.77. The van der Waals surface area contributed by atoms with E-state index in [9.17, 15) is 9.59 Å². The predicted molar refractivity (Wildman–Crippen MR) is 101 cm³/mol. The summed E-state index contributed by atoms with van der Waals surface area (Å²) in [5, 5.41) is 0. The van der Waals surface area contributed by atoms with Gasteiger partial charge in [0.2, 0.25) is 5.91 Å². The SMILES string of the molecule is O=C(CN1C(=O)C(=Cc2cccc(Br)c2)SC1=S)N1CCOCC1. The van der Waals surface area contributed by atoms with Crippen molar-refractivity contribution in [2.75, 3.05) is 32.8 Å². The van der Waals surface area contributed by atoms with E-state index < -0.39 is 0 Å². The maximum atomic E-state index is 12.6. The largest absolute Gasteiger partial charge is 0.378 e. The molecule has 0 N–H and O–H groups in total. The minimum absolute atomic E-state index is 0.0134. The number of carbonyl (C=O) groups is 2. The zero-order valence-electron chi connectivity index (χ0n) is 12.7. The number of rotatable bonds is 3. The molecule has 24 heavy (non-hydrogen) atoms. The molecule has 2 saturated heterocycles. The van der Waals surface area contributed by atoms with Gasteiger partial charge in [-0.15, -0.1) is 0 Å². The molecular formula is C16H15BrN2O3S2. The van der Waals surface area contributed by atoms with Crippen molar-refractivity contribution in [3.05, 3.63) is 39.2 Å². The molecule has 2 fully saturated rings. The van der Waals surface area contributed by atoms with E-state index in [1.54, 1.807) is 11.0 Å². The number of carbonyl (C=O) groups excluding carboxylic acids is 2. The van der Waals surface area contributed by atoms with Crippen LogP contribution in [0.4, 0.5) is 0 Å². The maximum absolute atomic E-state index is 12.6. The zero-order chi connectivity index (χ0) is 17.1. The first kappa shape index (κ1) is 17.6. The number of amides is 2. The van der Waals surface area contributed by atoms with Crippen molar-refractivity contribution in [1.82, 2.24) is 9.80 Å². The average molecular weight is 427 g/mol. The highest BCUT2D eigenvalue weighted by Gasteiger charge is 2.34. The van der Waals surface area contributed by atoms with E-state index in [-0.39, 0.29) is 18.4 Å². The Balaban J connectivity index is 1.71. The van der Waals surface area contributed by atoms with Crippen LogP contribution in [-0.4, -0.2) is 58.8 Å². The first-order chi connectivity index (χ1) is 11.5. The van der Waals surface area contributed by atoms with Crippen LogP contribution in [0.25, 0.3) is 6.08 Å². The second-order valence-electron chi connectivity index (χ2n) is 5.32. The molecule has 2 amide bonds. The van der Waals surface area contributed by atoms with Crippen LogP contribution in [0.5, 0.6) is 0 Å². The van der Waals surface area contributed by atoms with Crippen molar-refractivity contribution >= 4 is 62.1 Å². The minimum Gasteiger partial charge on any atom is -0.378 e. The van der Waals surface area contributed by atoms with E-state index in [0.29, 0.717) is 35.5 Å². The van der Waals surface area contributed by atoms with Crippen LogP contribution in [0, 0.1) is 0 Å². The molecule has 2 aliphatic heterocycles. The fourth-order valence-corrected chi connectivity index (χ4v) is 4.10. The molecule has 5 nitrogen and oxygen atoms in total. The summed E-state index contributed by atoms with van der Waals surface area (Å²) < 4.78 is 6.60. The molecule has 0 unspecified atom stereocenters. The predicted octanol–water partition coefficient (Wildman–Crippen LogP) is 2.51. The van der Waals surface area contributed by atoms with E-state index in [0.717, 1.165) is 10.0 Å². The Morgan fingerprint density at radius 1 is 1.38 bits per heavy atom. The topological polar surface area (TPSA) is 49.9 Å². The number of nitrogens with zero attached hydrogens (tertiary/aromatic N) is 2. The van der Waals surface area contributed by atoms with Gasteiger partial charge in [-0.1, -0.05) is 52.0 Å². The molecule has 8 heteroatoms. The number of thioether (sulfide) groups is 1. The van der Waals surface area contributed by atoms with Gasteiger partial charge in [-0.05, 0) is 23.8 Å². The molecule has 1 aromatic carbocycles. The fourth-order valence-electron chi connectivity index (χ4n) is 2.43. The third-order valence-corrected chi connectivity index (χ3v) is 5.55. The number of halogens is 1. The lowest BCUT2D eigenvalue weighted by Crippen LogP contribution is -2.46. The van der Waals surface area contributed by atoms with E-state index in [1.807, 2.05) is 24.3 Å². The molecule has 2 heterocycles. The van der Waals surface area contributed by atoms with Gasteiger partial charge in [-0.3, -0.25) is 14.5 Å². The van der Waals surface area contributed by atoms with Crippen LogP contribution in [0.3, 0.4) is 0 Å². The quantitative estimate of drug-likeness (QED) is 0.548. The summed E-state index contributed by atoms with van der Waals surface area (Å²) in [5.41, 5.74) is 0.907. The van der Waals surface area contributed by atoms with Gasteiger partial charge >= 0.3 is 0 Å². The number of morpholine rings is 1. The zero-order valence-corrected chi connectivity index (χ0v) is 16.0. The van der Waals surface area contributed by atoms with Crippen LogP contribution in [0.15, 0.2) is 33.6 Å². The summed E-state index contributed by atoms with van der Waals surface area (Å²) in [5.74, 6) is -0.315. The fraction of sp³-hybridized carbons (Fsp3) is 0.312. The lowest BCUT2D eigenvalue weighted by Gasteiger charge is -2.28. The van der Waals surface area contributed by atoms with Crippen molar-refractivity contribution in [3.8, 4) is 0 Å². The van der Waals surface area contributed by atoms with E-state index in [4.69, 9.17) is 17.0 Å². The first-order valence-electron chi connectivity index (χ1n) is 7.41. The molecule has 0 atom stereocenters. The molecule has 126 valence electrons. The number of ether oxygens (including phenoxy) is 1. The van der Waals surface area contributed by atoms with Crippen LogP contribution in [0.1, 0.15) is 5.56 Å². The number of thiocarbonyl (C=S) groups is 1. The number of hydrogen-bond acceptors (Lipinski definition) is 5. The van der Waals surface area contributed by atoms with Gasteiger partial charge < -0.3 is 9.64 Å². The van der Waals surface area contributed by atoms with E-state index >= 15 is 0 Å². The van der Waals surface area contributed by atoms with Crippen LogP contribution < -0.4 is 0 Å². The van der Waals surface area contributed by atoms with Crippen LogP contribution >= 0.6 is 39.9 Å². The first-order valence-corrected chi connectivity index (χ1v) is 9.43. The average Bonchev–Trinajstić information content (AvgIpc) is 2.83. The second-order valence-corrected chi connectivity index (χ2v) is 7.91. The molecule has 0 spiro atoms. The number of hydrogen-bond donors (Lipinski definition) is 0. The Kier molecular flexibility index (Phi) is 5.70. The standard InChI is InChI=1S/C16H15BrN2O3S2/c17-12-3-1-2-11(8-12)9-13-15(21)19(16(23)24-13)10-14(20)18-4-6-22-7-5-18/h1-3,8-9H,4-7,10H2. The van der Waals surface area contributed by atoms with Crippen molar-refractivity contribution in [2.45, 2.75) is 0 Å². The number of benzene rings is 1. The highest BCUT2D eigenvalue weighted by atomic mass is 79.9. The van der Waals surface area contributed by atoms with Crippen molar-refractivity contribution in [3.63, 3.8) is 0 Å². The Bertz CT molecular complexity index is 717. The summed E-state index contributed by atoms with van der Waals surface area (Å²) in [6.07, 6.45) is 1.79. The summed E-state index contributed by atoms with van der Waals surface area (Å²) in [7, 11) is 0. The van der Waals surface area contributed by atoms with Gasteiger partial charge in [0.15, 0.2) is 0 Å². The van der Waals surface area contributed by atoms with Gasteiger partial charge in [0.25, 0.3) is 5.91 Å². The molecule has 0 bridgehead atoms. The van der Waals surface area contributed by atoms with E-state index in [1.165, 1.54) is 16.7 Å². The summed E-state index contributed by atoms with van der Waals surface area (Å²) in [6.45, 7) is 2.17. The molecule has 0 aromatic heterocycles. The van der Waals surface area contributed by atoms with Gasteiger partial charge in [0, 0.05) is 17.6 Å². The molecule has 0 aliphatic carbocycles. The normalized spacial score (nSPS) is 20.1. The Labute approximate surface area is 158 Å². The molecule has 1 aromatic rings. The Morgan fingerprint density at radius 2 is 2.12 bits per heavy atom. The summed E-state index contributed by atoms with van der Waals surface area (Å²) in [6, 6.07) is 7.66. The summed E-state index contributed by atoms with van der Waals surface area (Å²) >= 11 is 9.92. The van der Waals surface area contributed by atoms with Crippen molar-refractivity contribution in [1.29, 1.82) is 0 Å². The highest BCUT2D eigenvalue weighted by Crippen LogP contribution is 2.32. The Morgan fingerprint density at radius 3 is 2.83 bits per heavy atom.